The van der Waals surface area contributed by atoms with Crippen LogP contribution in [0.5, 0.6) is 0 Å². The molecule has 0 aliphatic heterocycles. The van der Waals surface area contributed by atoms with Crippen molar-refractivity contribution in [2.24, 2.45) is 5.92 Å². The van der Waals surface area contributed by atoms with E-state index in [1.165, 1.54) is 32.2 Å². The van der Waals surface area contributed by atoms with E-state index in [0.29, 0.717) is 0 Å². The molecule has 0 heterocycles. The Labute approximate surface area is 95.4 Å². The molecule has 0 amide bonds. The maximum atomic E-state index is 3.48. The Kier molecular flexibility index (Phi) is 5.62. The van der Waals surface area contributed by atoms with Crippen molar-refractivity contribution in [1.82, 2.24) is 10.2 Å². The zero-order valence-corrected chi connectivity index (χ0v) is 10.9. The van der Waals surface area contributed by atoms with Gasteiger partial charge in [0.1, 0.15) is 0 Å². The van der Waals surface area contributed by atoms with Crippen LogP contribution in [0, 0.1) is 5.92 Å². The molecule has 0 spiro atoms. The Hall–Kier alpha value is -0.0800. The lowest BCUT2D eigenvalue weighted by molar-refractivity contribution is 0.0469. The number of nitrogens with zero attached hydrogens (tertiary/aromatic N) is 1. The lowest BCUT2D eigenvalue weighted by Gasteiger charge is -2.46. The van der Waals surface area contributed by atoms with Crippen LogP contribution in [-0.2, 0) is 0 Å². The zero-order valence-electron chi connectivity index (χ0n) is 10.9. The molecule has 1 fully saturated rings. The minimum absolute atomic E-state index is 0.791. The topological polar surface area (TPSA) is 15.3 Å². The first kappa shape index (κ1) is 13.0. The van der Waals surface area contributed by atoms with E-state index in [-0.39, 0.29) is 0 Å². The Morgan fingerprint density at radius 2 is 1.87 bits per heavy atom. The summed E-state index contributed by atoms with van der Waals surface area (Å²) >= 11 is 0. The van der Waals surface area contributed by atoms with E-state index in [1.807, 2.05) is 0 Å². The molecule has 1 aliphatic carbocycles. The summed E-state index contributed by atoms with van der Waals surface area (Å²) in [6, 6.07) is 1.63. The summed E-state index contributed by atoms with van der Waals surface area (Å²) in [6.45, 7) is 9.13. The van der Waals surface area contributed by atoms with Gasteiger partial charge in [-0.25, -0.2) is 0 Å². The van der Waals surface area contributed by atoms with Crippen molar-refractivity contribution < 1.29 is 0 Å². The van der Waals surface area contributed by atoms with E-state index in [0.717, 1.165) is 24.5 Å². The maximum absolute atomic E-state index is 3.48. The molecule has 15 heavy (non-hydrogen) atoms. The van der Waals surface area contributed by atoms with Crippen molar-refractivity contribution in [3.63, 3.8) is 0 Å². The minimum Gasteiger partial charge on any atom is -0.317 e. The average Bonchev–Trinajstić information content (AvgIpc) is 2.18. The van der Waals surface area contributed by atoms with Gasteiger partial charge >= 0.3 is 0 Å². The van der Waals surface area contributed by atoms with Crippen molar-refractivity contribution >= 4 is 0 Å². The van der Waals surface area contributed by atoms with Gasteiger partial charge in [-0.15, -0.1) is 0 Å². The van der Waals surface area contributed by atoms with Crippen LogP contribution >= 0.6 is 0 Å². The molecule has 1 saturated carbocycles. The molecular formula is C13H28N2. The normalized spacial score (nSPS) is 26.0. The maximum Gasteiger partial charge on any atom is 0.0136 e. The summed E-state index contributed by atoms with van der Waals surface area (Å²) in [7, 11) is 2.32. The molecule has 1 rings (SSSR count). The summed E-state index contributed by atoms with van der Waals surface area (Å²) in [5.74, 6) is 0.899. The van der Waals surface area contributed by atoms with E-state index >= 15 is 0 Å². The molecule has 2 nitrogen and oxygen atoms in total. The minimum atomic E-state index is 0.791. The van der Waals surface area contributed by atoms with Crippen molar-refractivity contribution in [2.75, 3.05) is 20.1 Å². The molecule has 0 radical (unpaired) electrons. The first-order chi connectivity index (χ1) is 7.24. The van der Waals surface area contributed by atoms with Crippen molar-refractivity contribution in [2.45, 2.75) is 58.5 Å². The lowest BCUT2D eigenvalue weighted by atomic mass is 9.77. The van der Waals surface area contributed by atoms with E-state index in [2.05, 4.69) is 38.0 Å². The number of hydrogen-bond donors (Lipinski definition) is 1. The molecule has 1 aliphatic rings. The Morgan fingerprint density at radius 1 is 1.20 bits per heavy atom. The summed E-state index contributed by atoms with van der Waals surface area (Å²) in [5.41, 5.74) is 0. The second-order valence-electron chi connectivity index (χ2n) is 4.85. The average molecular weight is 212 g/mol. The smallest absolute Gasteiger partial charge is 0.0136 e. The summed E-state index contributed by atoms with van der Waals surface area (Å²) in [6.07, 6.45) is 5.40. The van der Waals surface area contributed by atoms with Gasteiger partial charge in [0.25, 0.3) is 0 Å². The standard InChI is InChI=1S/C13H28N2/c1-5-12(6-2)15(4)13-9-8-11(13)10-14-7-3/h11-14H,5-10H2,1-4H3. The summed E-state index contributed by atoms with van der Waals surface area (Å²) in [4.78, 5) is 2.63. The predicted molar refractivity (Wildman–Crippen MR) is 67.2 cm³/mol. The Morgan fingerprint density at radius 3 is 2.27 bits per heavy atom. The van der Waals surface area contributed by atoms with Gasteiger partial charge in [0.2, 0.25) is 0 Å². The Bertz CT molecular complexity index is 166. The number of nitrogens with one attached hydrogen (secondary N) is 1. The number of rotatable bonds is 7. The second kappa shape index (κ2) is 6.49. The van der Waals surface area contributed by atoms with Crippen molar-refractivity contribution in [3.05, 3.63) is 0 Å². The van der Waals surface area contributed by atoms with Crippen LogP contribution in [0.2, 0.25) is 0 Å². The van der Waals surface area contributed by atoms with Gasteiger partial charge in [0.15, 0.2) is 0 Å². The molecular weight excluding hydrogens is 184 g/mol. The highest BCUT2D eigenvalue weighted by atomic mass is 15.2. The molecule has 1 N–H and O–H groups in total. The van der Waals surface area contributed by atoms with Gasteiger partial charge in [-0.1, -0.05) is 20.8 Å². The summed E-state index contributed by atoms with van der Waals surface area (Å²) < 4.78 is 0. The van der Waals surface area contributed by atoms with Gasteiger partial charge < -0.3 is 10.2 Å². The van der Waals surface area contributed by atoms with E-state index in [9.17, 15) is 0 Å². The molecule has 0 saturated heterocycles. The first-order valence-corrected chi connectivity index (χ1v) is 6.67. The van der Waals surface area contributed by atoms with E-state index < -0.39 is 0 Å². The third-order valence-corrected chi connectivity index (χ3v) is 4.08. The largest absolute Gasteiger partial charge is 0.317 e. The molecule has 2 atom stereocenters. The van der Waals surface area contributed by atoms with Crippen LogP contribution in [0.15, 0.2) is 0 Å². The van der Waals surface area contributed by atoms with E-state index in [1.54, 1.807) is 0 Å². The van der Waals surface area contributed by atoms with Gasteiger partial charge in [0, 0.05) is 12.1 Å². The third-order valence-electron chi connectivity index (χ3n) is 4.08. The van der Waals surface area contributed by atoms with Crippen LogP contribution in [0.1, 0.15) is 46.5 Å². The predicted octanol–water partition coefficient (Wildman–Crippen LogP) is 2.49. The highest BCUT2D eigenvalue weighted by Gasteiger charge is 2.35. The van der Waals surface area contributed by atoms with Crippen LogP contribution < -0.4 is 5.32 Å². The molecule has 0 aromatic rings. The Balaban J connectivity index is 2.35. The molecule has 2 unspecified atom stereocenters. The zero-order chi connectivity index (χ0) is 11.3. The van der Waals surface area contributed by atoms with Gasteiger partial charge in [-0.05, 0) is 51.7 Å². The fourth-order valence-electron chi connectivity index (χ4n) is 2.79. The molecule has 0 aromatic carbocycles. The summed E-state index contributed by atoms with van der Waals surface area (Å²) in [5, 5.41) is 3.48. The van der Waals surface area contributed by atoms with Crippen LogP contribution in [0.4, 0.5) is 0 Å². The quantitative estimate of drug-likeness (QED) is 0.697. The highest BCUT2D eigenvalue weighted by molar-refractivity contribution is 4.90. The molecule has 0 bridgehead atoms. The van der Waals surface area contributed by atoms with Gasteiger partial charge in [-0.2, -0.15) is 0 Å². The second-order valence-corrected chi connectivity index (χ2v) is 4.85. The molecule has 0 aromatic heterocycles. The SMILES string of the molecule is CCNCC1CCC1N(C)C(CC)CC. The lowest BCUT2D eigenvalue weighted by Crippen LogP contribution is -2.52. The van der Waals surface area contributed by atoms with Crippen molar-refractivity contribution in [3.8, 4) is 0 Å². The molecule has 90 valence electrons. The molecule has 2 heteroatoms. The fourth-order valence-corrected chi connectivity index (χ4v) is 2.79. The third kappa shape index (κ3) is 3.18. The van der Waals surface area contributed by atoms with E-state index in [4.69, 9.17) is 0 Å². The monoisotopic (exact) mass is 212 g/mol. The first-order valence-electron chi connectivity index (χ1n) is 6.67. The van der Waals surface area contributed by atoms with Crippen LogP contribution in [-0.4, -0.2) is 37.1 Å². The van der Waals surface area contributed by atoms with Crippen molar-refractivity contribution in [1.29, 1.82) is 0 Å². The highest BCUT2D eigenvalue weighted by Crippen LogP contribution is 2.32. The van der Waals surface area contributed by atoms with Crippen LogP contribution in [0.25, 0.3) is 0 Å². The van der Waals surface area contributed by atoms with Crippen LogP contribution in [0.3, 0.4) is 0 Å². The number of hydrogen-bond acceptors (Lipinski definition) is 2. The van der Waals surface area contributed by atoms with Gasteiger partial charge in [-0.3, -0.25) is 0 Å². The fraction of sp³-hybridized carbons (Fsp3) is 1.00. The van der Waals surface area contributed by atoms with Gasteiger partial charge in [0.05, 0.1) is 0 Å².